The highest BCUT2D eigenvalue weighted by atomic mass is 16.5. The second kappa shape index (κ2) is 7.95. The molecule has 1 aromatic heterocycles. The van der Waals surface area contributed by atoms with Crippen molar-refractivity contribution < 1.29 is 23.5 Å². The van der Waals surface area contributed by atoms with Gasteiger partial charge in [-0.1, -0.05) is 6.07 Å². The molecule has 2 N–H and O–H groups in total. The third-order valence-electron chi connectivity index (χ3n) is 4.15. The summed E-state index contributed by atoms with van der Waals surface area (Å²) in [6, 6.07) is 6.24. The number of benzene rings is 1. The lowest BCUT2D eigenvalue weighted by molar-refractivity contribution is -0.123. The fraction of sp³-hybridized carbons (Fsp3) is 0.368. The Kier molecular flexibility index (Phi) is 5.46. The molecule has 3 rings (SSSR count). The molecule has 2 amide bonds. The summed E-state index contributed by atoms with van der Waals surface area (Å²) >= 11 is 0. The Morgan fingerprint density at radius 2 is 1.81 bits per heavy atom. The Balaban J connectivity index is 1.60. The monoisotopic (exact) mass is 358 g/mol. The average molecular weight is 358 g/mol. The Morgan fingerprint density at radius 3 is 2.54 bits per heavy atom. The smallest absolute Gasteiger partial charge is 0.255 e. The highest BCUT2D eigenvalue weighted by molar-refractivity contribution is 5.97. The molecule has 0 bridgehead atoms. The first-order valence-electron chi connectivity index (χ1n) is 8.57. The first kappa shape index (κ1) is 17.8. The lowest BCUT2D eigenvalue weighted by Crippen LogP contribution is -2.45. The van der Waals surface area contributed by atoms with Gasteiger partial charge in [-0.2, -0.15) is 0 Å². The van der Waals surface area contributed by atoms with E-state index in [-0.39, 0.29) is 17.9 Å². The van der Waals surface area contributed by atoms with Gasteiger partial charge >= 0.3 is 0 Å². The van der Waals surface area contributed by atoms with Crippen LogP contribution >= 0.6 is 0 Å². The van der Waals surface area contributed by atoms with Gasteiger partial charge in [0.2, 0.25) is 5.91 Å². The summed E-state index contributed by atoms with van der Waals surface area (Å²) < 4.78 is 16.2. The minimum absolute atomic E-state index is 0.243. The largest absolute Gasteiger partial charge is 0.490 e. The van der Waals surface area contributed by atoms with E-state index in [4.69, 9.17) is 13.9 Å². The maximum Gasteiger partial charge on any atom is 0.255 e. The van der Waals surface area contributed by atoms with Gasteiger partial charge in [0.05, 0.1) is 31.1 Å². The first-order chi connectivity index (χ1) is 12.5. The number of rotatable bonds is 5. The zero-order valence-corrected chi connectivity index (χ0v) is 14.8. The van der Waals surface area contributed by atoms with Gasteiger partial charge in [-0.15, -0.1) is 0 Å². The van der Waals surface area contributed by atoms with Gasteiger partial charge in [-0.25, -0.2) is 0 Å². The molecule has 7 heteroatoms. The van der Waals surface area contributed by atoms with Crippen molar-refractivity contribution >= 4 is 11.8 Å². The number of amides is 2. The highest BCUT2D eigenvalue weighted by Gasteiger charge is 2.20. The fourth-order valence-corrected chi connectivity index (χ4v) is 2.61. The molecule has 2 unspecified atom stereocenters. The Hall–Kier alpha value is -2.96. The lowest BCUT2D eigenvalue weighted by atomic mass is 10.1. The quantitative estimate of drug-likeness (QED) is 0.857. The number of hydrogen-bond acceptors (Lipinski definition) is 5. The molecule has 1 aliphatic rings. The van der Waals surface area contributed by atoms with Crippen molar-refractivity contribution in [2.45, 2.75) is 32.4 Å². The molecular formula is C19H22N2O5. The standard InChI is InChI=1S/C19H22N2O5/c1-12(14-4-5-16-17(10-14)26-8-3-7-25-16)20-18(22)13(2)21-19(23)15-6-9-24-11-15/h4-6,9-13H,3,7-8H2,1-2H3,(H,20,22)(H,21,23). The SMILES string of the molecule is CC(NC(=O)c1ccoc1)C(=O)NC(C)c1ccc2c(c1)OCCCO2. The Bertz CT molecular complexity index is 772. The number of carbonyl (C=O) groups excluding carboxylic acids is 2. The number of carbonyl (C=O) groups is 2. The van der Waals surface area contributed by atoms with Crippen molar-refractivity contribution in [3.8, 4) is 11.5 Å². The number of nitrogens with one attached hydrogen (secondary N) is 2. The van der Waals surface area contributed by atoms with Crippen molar-refractivity contribution in [3.05, 3.63) is 47.9 Å². The molecule has 0 saturated carbocycles. The minimum Gasteiger partial charge on any atom is -0.490 e. The molecule has 0 spiro atoms. The van der Waals surface area contributed by atoms with Crippen LogP contribution in [0.1, 0.15) is 42.2 Å². The Labute approximate surface area is 151 Å². The first-order valence-corrected chi connectivity index (χ1v) is 8.57. The summed E-state index contributed by atoms with van der Waals surface area (Å²) in [5.74, 6) is 0.763. The average Bonchev–Trinajstić information content (AvgIpc) is 3.07. The third kappa shape index (κ3) is 4.17. The van der Waals surface area contributed by atoms with E-state index in [1.165, 1.54) is 12.5 Å². The van der Waals surface area contributed by atoms with Crippen LogP contribution in [0.25, 0.3) is 0 Å². The van der Waals surface area contributed by atoms with E-state index in [1.54, 1.807) is 13.0 Å². The minimum atomic E-state index is -0.680. The van der Waals surface area contributed by atoms with E-state index in [0.717, 1.165) is 12.0 Å². The number of fused-ring (bicyclic) bond motifs is 1. The van der Waals surface area contributed by atoms with E-state index in [2.05, 4.69) is 10.6 Å². The van der Waals surface area contributed by atoms with Crippen LogP contribution in [0.4, 0.5) is 0 Å². The molecule has 2 aromatic rings. The second-order valence-corrected chi connectivity index (χ2v) is 6.19. The molecule has 138 valence electrons. The summed E-state index contributed by atoms with van der Waals surface area (Å²) in [5.41, 5.74) is 1.27. The van der Waals surface area contributed by atoms with Crippen LogP contribution in [0.5, 0.6) is 11.5 Å². The number of ether oxygens (including phenoxy) is 2. The van der Waals surface area contributed by atoms with Crippen LogP contribution in [0.3, 0.4) is 0 Å². The van der Waals surface area contributed by atoms with Crippen LogP contribution in [0, 0.1) is 0 Å². The fourth-order valence-electron chi connectivity index (χ4n) is 2.61. The van der Waals surface area contributed by atoms with Gasteiger partial charge in [0, 0.05) is 6.42 Å². The van der Waals surface area contributed by atoms with Gasteiger partial charge in [0.1, 0.15) is 12.3 Å². The van der Waals surface area contributed by atoms with E-state index in [0.29, 0.717) is 30.3 Å². The van der Waals surface area contributed by atoms with Gasteiger partial charge in [0.25, 0.3) is 5.91 Å². The third-order valence-corrected chi connectivity index (χ3v) is 4.15. The Morgan fingerprint density at radius 1 is 1.04 bits per heavy atom. The summed E-state index contributed by atoms with van der Waals surface area (Å²) in [4.78, 5) is 24.4. The van der Waals surface area contributed by atoms with E-state index in [9.17, 15) is 9.59 Å². The summed E-state index contributed by atoms with van der Waals surface area (Å²) in [7, 11) is 0. The normalized spacial score (nSPS) is 15.5. The lowest BCUT2D eigenvalue weighted by Gasteiger charge is -2.19. The molecule has 7 nitrogen and oxygen atoms in total. The predicted octanol–water partition coefficient (Wildman–Crippen LogP) is 2.44. The van der Waals surface area contributed by atoms with Gasteiger partial charge < -0.3 is 24.5 Å². The number of furan rings is 1. The van der Waals surface area contributed by atoms with Crippen molar-refractivity contribution in [2.24, 2.45) is 0 Å². The maximum absolute atomic E-state index is 12.4. The molecule has 0 aliphatic carbocycles. The van der Waals surface area contributed by atoms with Gasteiger partial charge in [-0.3, -0.25) is 9.59 Å². The van der Waals surface area contributed by atoms with Crippen molar-refractivity contribution in [2.75, 3.05) is 13.2 Å². The van der Waals surface area contributed by atoms with Crippen LogP contribution < -0.4 is 20.1 Å². The topological polar surface area (TPSA) is 89.8 Å². The van der Waals surface area contributed by atoms with Crippen LogP contribution in [0.2, 0.25) is 0 Å². The molecule has 0 fully saturated rings. The molecule has 2 heterocycles. The molecular weight excluding hydrogens is 336 g/mol. The molecule has 2 atom stereocenters. The van der Waals surface area contributed by atoms with Crippen LogP contribution in [0.15, 0.2) is 41.2 Å². The number of hydrogen-bond donors (Lipinski definition) is 2. The molecule has 1 aliphatic heterocycles. The maximum atomic E-state index is 12.4. The zero-order valence-electron chi connectivity index (χ0n) is 14.8. The molecule has 26 heavy (non-hydrogen) atoms. The van der Waals surface area contributed by atoms with Crippen molar-refractivity contribution in [3.63, 3.8) is 0 Å². The van der Waals surface area contributed by atoms with Crippen LogP contribution in [-0.2, 0) is 4.79 Å². The molecule has 0 saturated heterocycles. The van der Waals surface area contributed by atoms with E-state index < -0.39 is 6.04 Å². The highest BCUT2D eigenvalue weighted by Crippen LogP contribution is 2.32. The zero-order chi connectivity index (χ0) is 18.5. The van der Waals surface area contributed by atoms with E-state index in [1.807, 2.05) is 25.1 Å². The summed E-state index contributed by atoms with van der Waals surface area (Å²) in [6.07, 6.45) is 3.58. The van der Waals surface area contributed by atoms with E-state index >= 15 is 0 Å². The second-order valence-electron chi connectivity index (χ2n) is 6.19. The molecule has 1 aromatic carbocycles. The van der Waals surface area contributed by atoms with Crippen molar-refractivity contribution in [1.29, 1.82) is 0 Å². The summed E-state index contributed by atoms with van der Waals surface area (Å²) in [6.45, 7) is 4.75. The van der Waals surface area contributed by atoms with Crippen molar-refractivity contribution in [1.82, 2.24) is 10.6 Å². The van der Waals surface area contributed by atoms with Gasteiger partial charge in [0.15, 0.2) is 11.5 Å². The van der Waals surface area contributed by atoms with Crippen LogP contribution in [-0.4, -0.2) is 31.1 Å². The molecule has 0 radical (unpaired) electrons. The predicted molar refractivity (Wildman–Crippen MR) is 94.2 cm³/mol. The summed E-state index contributed by atoms with van der Waals surface area (Å²) in [5, 5.41) is 5.54. The van der Waals surface area contributed by atoms with Gasteiger partial charge in [-0.05, 0) is 37.6 Å².